The van der Waals surface area contributed by atoms with Crippen LogP contribution in [0.25, 0.3) is 11.2 Å². The van der Waals surface area contributed by atoms with Crippen molar-refractivity contribution in [1.82, 2.24) is 19.5 Å². The number of fused-ring (bicyclic) bond motifs is 1. The van der Waals surface area contributed by atoms with E-state index in [1.54, 1.807) is 0 Å². The van der Waals surface area contributed by atoms with E-state index >= 15 is 0 Å². The monoisotopic (exact) mass is 459 g/mol. The van der Waals surface area contributed by atoms with Gasteiger partial charge in [-0.15, -0.1) is 0 Å². The molecule has 0 aromatic carbocycles. The summed E-state index contributed by atoms with van der Waals surface area (Å²) in [6.07, 6.45) is -4.65. The zero-order valence-electron chi connectivity index (χ0n) is 13.6. The molecule has 0 spiro atoms. The van der Waals surface area contributed by atoms with Crippen molar-refractivity contribution < 1.29 is 43.0 Å². The number of imidazole rings is 1. The van der Waals surface area contributed by atoms with Gasteiger partial charge in [-0.05, 0) is 11.8 Å². The van der Waals surface area contributed by atoms with Crippen LogP contribution in [0.2, 0.25) is 0 Å². The first-order chi connectivity index (χ1) is 12.9. The predicted molar refractivity (Wildman–Crippen MR) is 94.1 cm³/mol. The van der Waals surface area contributed by atoms with Crippen molar-refractivity contribution in [3.8, 4) is 0 Å². The number of phosphoric acid groups is 1. The van der Waals surface area contributed by atoms with Gasteiger partial charge in [-0.25, -0.2) is 13.9 Å². The van der Waals surface area contributed by atoms with Crippen LogP contribution in [0.15, 0.2) is 11.1 Å². The third-order valence-electron chi connectivity index (χ3n) is 3.67. The molecule has 1 aliphatic rings. The normalized spacial score (nSPS) is 27.9. The largest absolute Gasteiger partial charge is 0.479 e. The smallest absolute Gasteiger partial charge is 0.387 e. The first-order valence-corrected chi connectivity index (χ1v) is 11.5. The van der Waals surface area contributed by atoms with Gasteiger partial charge in [0, 0.05) is 0 Å². The topological polar surface area (TPSA) is 235 Å². The highest BCUT2D eigenvalue weighted by Crippen LogP contribution is 2.58. The van der Waals surface area contributed by atoms with Crippen LogP contribution < -0.4 is 11.3 Å². The number of anilines is 1. The summed E-state index contributed by atoms with van der Waals surface area (Å²) in [6, 6.07) is 0. The van der Waals surface area contributed by atoms with Gasteiger partial charge in [0.1, 0.15) is 18.3 Å². The van der Waals surface area contributed by atoms with Crippen molar-refractivity contribution in [1.29, 1.82) is 0 Å². The van der Waals surface area contributed by atoms with E-state index in [4.69, 9.17) is 20.3 Å². The molecule has 28 heavy (non-hydrogen) atoms. The number of nitrogens with two attached hydrogens (primary N) is 1. The Kier molecular flexibility index (Phi) is 5.75. The summed E-state index contributed by atoms with van der Waals surface area (Å²) in [7, 11) is -4.97. The lowest BCUT2D eigenvalue weighted by Gasteiger charge is -2.18. The molecule has 0 amide bonds. The number of aliphatic hydroxyl groups excluding tert-OH is 2. The van der Waals surface area contributed by atoms with E-state index in [9.17, 15) is 24.5 Å². The Bertz CT molecular complexity index is 1040. The molecule has 0 bridgehead atoms. The van der Waals surface area contributed by atoms with Gasteiger partial charge in [0.2, 0.25) is 5.95 Å². The highest BCUT2D eigenvalue weighted by Gasteiger charge is 2.45. The molecular formula is C10H15N5O10P2S. The molecule has 1 saturated heterocycles. The van der Waals surface area contributed by atoms with Crippen molar-refractivity contribution in [3.63, 3.8) is 0 Å². The summed E-state index contributed by atoms with van der Waals surface area (Å²) < 4.78 is 26.7. The molecule has 15 nitrogen and oxygen atoms in total. The number of aromatic amines is 1. The first kappa shape index (κ1) is 21.4. The van der Waals surface area contributed by atoms with Crippen molar-refractivity contribution >= 4 is 43.5 Å². The molecule has 8 N–H and O–H groups in total. The van der Waals surface area contributed by atoms with Crippen molar-refractivity contribution in [3.05, 3.63) is 16.7 Å². The van der Waals surface area contributed by atoms with E-state index in [2.05, 4.69) is 35.6 Å². The predicted octanol–water partition coefficient (Wildman–Crippen LogP) is -2.34. The second-order valence-corrected chi connectivity index (χ2v) is 9.91. The Labute approximate surface area is 160 Å². The molecular weight excluding hydrogens is 444 g/mol. The Hall–Kier alpha value is -1.29. The molecule has 0 radical (unpaired) electrons. The van der Waals surface area contributed by atoms with Crippen molar-refractivity contribution in [2.75, 3.05) is 12.3 Å². The van der Waals surface area contributed by atoms with Gasteiger partial charge >= 0.3 is 14.5 Å². The minimum absolute atomic E-state index is 0.0310. The van der Waals surface area contributed by atoms with Gasteiger partial charge in [0.15, 0.2) is 17.4 Å². The molecule has 0 aliphatic carbocycles. The Morgan fingerprint density at radius 3 is 2.68 bits per heavy atom. The molecule has 3 rings (SSSR count). The molecule has 3 heterocycles. The molecule has 1 aliphatic heterocycles. The molecule has 2 aromatic heterocycles. The third kappa shape index (κ3) is 4.48. The van der Waals surface area contributed by atoms with Gasteiger partial charge in [-0.2, -0.15) is 4.98 Å². The van der Waals surface area contributed by atoms with Gasteiger partial charge in [-0.3, -0.25) is 18.9 Å². The van der Waals surface area contributed by atoms with Gasteiger partial charge in [0.05, 0.1) is 12.9 Å². The highest BCUT2D eigenvalue weighted by atomic mass is 32.5. The lowest BCUT2D eigenvalue weighted by Crippen LogP contribution is -2.33. The highest BCUT2D eigenvalue weighted by molar-refractivity contribution is 8.08. The van der Waals surface area contributed by atoms with Crippen molar-refractivity contribution in [2.24, 2.45) is 0 Å². The van der Waals surface area contributed by atoms with Gasteiger partial charge in [0.25, 0.3) is 5.56 Å². The number of aliphatic hydroxyl groups is 2. The first-order valence-electron chi connectivity index (χ1n) is 7.36. The van der Waals surface area contributed by atoms with Crippen LogP contribution in [0.3, 0.4) is 0 Å². The maximum Gasteiger partial charge on any atom is 0.479 e. The Balaban J connectivity index is 1.79. The van der Waals surface area contributed by atoms with Gasteiger partial charge in [-0.1, -0.05) is 0 Å². The average molecular weight is 459 g/mol. The summed E-state index contributed by atoms with van der Waals surface area (Å²) in [6.45, 7) is -5.26. The molecule has 3 unspecified atom stereocenters. The lowest BCUT2D eigenvalue weighted by molar-refractivity contribution is -0.0502. The standard InChI is InChI=1S/C10H15N5O10P2S/c11-10-13-7-4(8(18)14-10)12-2-15(7)9-6(17)5(16)3(24-9)1-23-26(19,20)25-27(21,22)28/h2-3,5-6,9,16-17H,1H2,(H,19,20)(H2,21,22,28)(H3,11,13,14,18)/t3?,5-,6-,9?/m1/s1. The summed E-state index contributed by atoms with van der Waals surface area (Å²) >= 11 is 4.07. The van der Waals surface area contributed by atoms with Crippen LogP contribution in [0.1, 0.15) is 6.23 Å². The average Bonchev–Trinajstić information content (AvgIpc) is 3.06. The molecule has 0 saturated carbocycles. The van der Waals surface area contributed by atoms with E-state index in [1.807, 2.05) is 0 Å². The van der Waals surface area contributed by atoms with Crippen LogP contribution in [0, 0.1) is 0 Å². The summed E-state index contributed by atoms with van der Waals surface area (Å²) in [5.41, 5.74) is 4.73. The summed E-state index contributed by atoms with van der Waals surface area (Å²) in [5.74, 6) is -0.214. The third-order valence-corrected chi connectivity index (χ3v) is 6.43. The second-order valence-electron chi connectivity index (χ2n) is 5.66. The number of ether oxygens (including phenoxy) is 1. The van der Waals surface area contributed by atoms with Crippen LogP contribution in [0.4, 0.5) is 5.95 Å². The number of aromatic nitrogens is 4. The van der Waals surface area contributed by atoms with Crippen LogP contribution in [0.5, 0.6) is 0 Å². The van der Waals surface area contributed by atoms with E-state index in [1.165, 1.54) is 0 Å². The van der Waals surface area contributed by atoms with E-state index in [-0.39, 0.29) is 17.1 Å². The number of hydrogen-bond donors (Lipinski definition) is 7. The van der Waals surface area contributed by atoms with Crippen LogP contribution >= 0.6 is 14.5 Å². The number of hydrogen-bond acceptors (Lipinski definition) is 11. The number of phosphoric ester groups is 1. The molecule has 18 heteroatoms. The molecule has 5 atom stereocenters. The van der Waals surface area contributed by atoms with E-state index in [0.29, 0.717) is 0 Å². The zero-order chi connectivity index (χ0) is 20.9. The molecule has 2 aromatic rings. The Morgan fingerprint density at radius 1 is 1.36 bits per heavy atom. The van der Waals surface area contributed by atoms with E-state index in [0.717, 1.165) is 10.9 Å². The number of nitrogens with one attached hydrogen (secondary N) is 1. The maximum atomic E-state index is 11.8. The maximum absolute atomic E-state index is 11.8. The fraction of sp³-hybridized carbons (Fsp3) is 0.500. The van der Waals surface area contributed by atoms with Gasteiger partial charge < -0.3 is 35.4 Å². The van der Waals surface area contributed by atoms with Crippen molar-refractivity contribution in [2.45, 2.75) is 24.5 Å². The second kappa shape index (κ2) is 7.51. The molecule has 156 valence electrons. The number of rotatable bonds is 6. The van der Waals surface area contributed by atoms with Crippen LogP contribution in [-0.4, -0.2) is 69.3 Å². The lowest BCUT2D eigenvalue weighted by atomic mass is 10.1. The minimum Gasteiger partial charge on any atom is -0.387 e. The molecule has 1 fully saturated rings. The van der Waals surface area contributed by atoms with Crippen LogP contribution in [-0.2, 0) is 29.9 Å². The number of H-pyrrole nitrogens is 1. The minimum atomic E-state index is -4.97. The zero-order valence-corrected chi connectivity index (χ0v) is 16.2. The van der Waals surface area contributed by atoms with E-state index < -0.39 is 51.2 Å². The fourth-order valence-electron chi connectivity index (χ4n) is 2.55. The quantitative estimate of drug-likeness (QED) is 0.224. The Morgan fingerprint density at radius 2 is 2.04 bits per heavy atom. The fourth-order valence-corrected chi connectivity index (χ4v) is 4.91. The SMILES string of the molecule is Nc1nc2c(ncn2C2OC(COP(=O)(O)OP(O)(O)=S)[C@@H](O)[C@H]2O)c(=O)[nH]1. The summed E-state index contributed by atoms with van der Waals surface area (Å²) in [5, 5.41) is 20.3. The number of nitrogens with zero attached hydrogens (tertiary/aromatic N) is 3. The summed E-state index contributed by atoms with van der Waals surface area (Å²) in [4.78, 5) is 49.0. The number of nitrogen functional groups attached to an aromatic ring is 1.